The molecule has 2 N–H and O–H groups in total. The topological polar surface area (TPSA) is 52.9 Å². The highest BCUT2D eigenvalue weighted by atomic mass is 16.5. The number of aromatic hydroxyl groups is 2. The van der Waals surface area contributed by atoms with E-state index in [1.807, 2.05) is 36.4 Å². The highest BCUT2D eigenvalue weighted by Gasteiger charge is 2.15. The molecule has 3 aromatic carbocycles. The number of ether oxygens (including phenoxy) is 1. The molecule has 4 nitrogen and oxygen atoms in total. The third-order valence-corrected chi connectivity index (χ3v) is 6.02. The molecule has 1 aliphatic heterocycles. The fourth-order valence-electron chi connectivity index (χ4n) is 4.37. The number of hydrogen-bond donors (Lipinski definition) is 2. The molecule has 4 heteroatoms. The lowest BCUT2D eigenvalue weighted by Gasteiger charge is -2.18. The van der Waals surface area contributed by atoms with Crippen LogP contribution in [-0.4, -0.2) is 41.4 Å². The number of nitrogens with zero attached hydrogens (tertiary/aromatic N) is 1. The van der Waals surface area contributed by atoms with E-state index in [4.69, 9.17) is 4.74 Å². The lowest BCUT2D eigenvalue weighted by molar-refractivity contribution is 0.238. The second kappa shape index (κ2) is 10.4. The van der Waals surface area contributed by atoms with Crippen LogP contribution in [0.5, 0.6) is 17.2 Å². The Hall–Kier alpha value is -3.24. The van der Waals surface area contributed by atoms with Crippen LogP contribution >= 0.6 is 0 Å². The van der Waals surface area contributed by atoms with Gasteiger partial charge in [-0.3, -0.25) is 4.90 Å². The molecule has 0 aromatic heterocycles. The van der Waals surface area contributed by atoms with Gasteiger partial charge in [0.1, 0.15) is 23.9 Å². The molecule has 0 aliphatic carbocycles. The van der Waals surface area contributed by atoms with Gasteiger partial charge >= 0.3 is 0 Å². The molecule has 0 spiro atoms. The molecule has 166 valence electrons. The van der Waals surface area contributed by atoms with Crippen molar-refractivity contribution < 1.29 is 14.9 Å². The van der Waals surface area contributed by atoms with Gasteiger partial charge < -0.3 is 14.9 Å². The van der Waals surface area contributed by atoms with Crippen molar-refractivity contribution in [3.05, 3.63) is 89.5 Å². The standard InChI is InChI=1S/C28H31NO3/c1-2-27(23-6-5-7-26(20-23)32-19-18-29-16-3-4-17-29)28(21-8-12-24(30)13-9-21)22-10-14-25(31)15-11-22/h5-15,20,30-31H,2-4,16-19H2,1H3. The zero-order valence-corrected chi connectivity index (χ0v) is 18.6. The van der Waals surface area contributed by atoms with Crippen molar-refractivity contribution in [2.75, 3.05) is 26.2 Å². The van der Waals surface area contributed by atoms with Crippen LogP contribution in [0.15, 0.2) is 72.8 Å². The summed E-state index contributed by atoms with van der Waals surface area (Å²) in [6.07, 6.45) is 3.41. The van der Waals surface area contributed by atoms with E-state index in [1.165, 1.54) is 31.5 Å². The number of phenolic OH excluding ortho intramolecular Hbond substituents is 2. The first-order chi connectivity index (χ1) is 15.6. The van der Waals surface area contributed by atoms with Crippen molar-refractivity contribution in [1.82, 2.24) is 4.90 Å². The second-order valence-electron chi connectivity index (χ2n) is 8.23. The molecule has 0 radical (unpaired) electrons. The average molecular weight is 430 g/mol. The van der Waals surface area contributed by atoms with Gasteiger partial charge in [-0.2, -0.15) is 0 Å². The fourth-order valence-corrected chi connectivity index (χ4v) is 4.37. The summed E-state index contributed by atoms with van der Waals surface area (Å²) < 4.78 is 6.10. The molecular weight excluding hydrogens is 398 g/mol. The molecule has 0 unspecified atom stereocenters. The molecule has 1 heterocycles. The summed E-state index contributed by atoms with van der Waals surface area (Å²) in [5.41, 5.74) is 5.42. The van der Waals surface area contributed by atoms with Crippen LogP contribution in [0.4, 0.5) is 0 Å². The third kappa shape index (κ3) is 5.32. The van der Waals surface area contributed by atoms with Crippen molar-refractivity contribution in [3.8, 4) is 17.2 Å². The molecule has 0 amide bonds. The molecule has 0 atom stereocenters. The van der Waals surface area contributed by atoms with E-state index in [1.54, 1.807) is 24.3 Å². The van der Waals surface area contributed by atoms with E-state index in [0.29, 0.717) is 6.61 Å². The van der Waals surface area contributed by atoms with Crippen molar-refractivity contribution in [2.24, 2.45) is 0 Å². The maximum absolute atomic E-state index is 9.79. The molecule has 32 heavy (non-hydrogen) atoms. The smallest absolute Gasteiger partial charge is 0.119 e. The van der Waals surface area contributed by atoms with Crippen molar-refractivity contribution in [3.63, 3.8) is 0 Å². The first-order valence-electron chi connectivity index (χ1n) is 11.4. The lowest BCUT2D eigenvalue weighted by atomic mass is 9.88. The van der Waals surface area contributed by atoms with Gasteiger partial charge in [-0.25, -0.2) is 0 Å². The number of phenols is 2. The first-order valence-corrected chi connectivity index (χ1v) is 11.4. The molecule has 0 bridgehead atoms. The highest BCUT2D eigenvalue weighted by molar-refractivity contribution is 5.98. The Morgan fingerprint density at radius 1 is 0.812 bits per heavy atom. The quantitative estimate of drug-likeness (QED) is 0.435. The summed E-state index contributed by atoms with van der Waals surface area (Å²) in [7, 11) is 0. The summed E-state index contributed by atoms with van der Waals surface area (Å²) in [4.78, 5) is 2.45. The first kappa shape index (κ1) is 22.0. The third-order valence-electron chi connectivity index (χ3n) is 6.02. The number of hydrogen-bond acceptors (Lipinski definition) is 4. The van der Waals surface area contributed by atoms with Crippen molar-refractivity contribution in [2.45, 2.75) is 26.2 Å². The van der Waals surface area contributed by atoms with Gasteiger partial charge in [-0.15, -0.1) is 0 Å². The van der Waals surface area contributed by atoms with Crippen LogP contribution in [-0.2, 0) is 0 Å². The Morgan fingerprint density at radius 3 is 1.97 bits per heavy atom. The van der Waals surface area contributed by atoms with Gasteiger partial charge in [-0.05, 0) is 96.6 Å². The van der Waals surface area contributed by atoms with Crippen LogP contribution in [0, 0.1) is 0 Å². The minimum absolute atomic E-state index is 0.241. The average Bonchev–Trinajstić information content (AvgIpc) is 3.33. The van der Waals surface area contributed by atoms with E-state index in [9.17, 15) is 10.2 Å². The SMILES string of the molecule is CCC(=C(c1ccc(O)cc1)c1ccc(O)cc1)c1cccc(OCCN2CCCC2)c1. The molecule has 0 saturated carbocycles. The van der Waals surface area contributed by atoms with Gasteiger partial charge in [0, 0.05) is 6.54 Å². The Kier molecular flexibility index (Phi) is 7.13. The summed E-state index contributed by atoms with van der Waals surface area (Å²) in [5, 5.41) is 19.6. The van der Waals surface area contributed by atoms with Crippen LogP contribution in [0.25, 0.3) is 11.1 Å². The number of allylic oxidation sites excluding steroid dienone is 1. The number of rotatable bonds is 8. The van der Waals surface area contributed by atoms with Gasteiger partial charge in [0.05, 0.1) is 0 Å². The van der Waals surface area contributed by atoms with E-state index in [-0.39, 0.29) is 11.5 Å². The van der Waals surface area contributed by atoms with Crippen LogP contribution < -0.4 is 4.74 Å². The minimum atomic E-state index is 0.241. The zero-order chi connectivity index (χ0) is 22.3. The predicted octanol–water partition coefficient (Wildman–Crippen LogP) is 5.94. The van der Waals surface area contributed by atoms with Crippen molar-refractivity contribution in [1.29, 1.82) is 0 Å². The zero-order valence-electron chi connectivity index (χ0n) is 18.6. The minimum Gasteiger partial charge on any atom is -0.508 e. The van der Waals surface area contributed by atoms with Crippen molar-refractivity contribution >= 4 is 11.1 Å². The monoisotopic (exact) mass is 429 g/mol. The molecule has 1 fully saturated rings. The summed E-state index contributed by atoms with van der Waals surface area (Å²) in [6.45, 7) is 6.16. The van der Waals surface area contributed by atoms with E-state index < -0.39 is 0 Å². The Labute approximate surface area is 190 Å². The van der Waals surface area contributed by atoms with Gasteiger partial charge in [0.2, 0.25) is 0 Å². The van der Waals surface area contributed by atoms with Crippen LogP contribution in [0.3, 0.4) is 0 Å². The second-order valence-corrected chi connectivity index (χ2v) is 8.23. The van der Waals surface area contributed by atoms with E-state index in [2.05, 4.69) is 24.0 Å². The van der Waals surface area contributed by atoms with Crippen LogP contribution in [0.2, 0.25) is 0 Å². The summed E-state index contributed by atoms with van der Waals surface area (Å²) in [6, 6.07) is 22.9. The Balaban J connectivity index is 1.68. The van der Waals surface area contributed by atoms with Gasteiger partial charge in [0.15, 0.2) is 0 Å². The number of benzene rings is 3. The lowest BCUT2D eigenvalue weighted by Crippen LogP contribution is -2.25. The maximum atomic E-state index is 9.79. The molecule has 1 saturated heterocycles. The Bertz CT molecular complexity index is 1000. The fraction of sp³-hybridized carbons (Fsp3) is 0.286. The normalized spacial score (nSPS) is 13.8. The Morgan fingerprint density at radius 2 is 1.41 bits per heavy atom. The summed E-state index contributed by atoms with van der Waals surface area (Å²) >= 11 is 0. The van der Waals surface area contributed by atoms with Gasteiger partial charge in [-0.1, -0.05) is 43.3 Å². The molecule has 3 aromatic rings. The largest absolute Gasteiger partial charge is 0.508 e. The van der Waals surface area contributed by atoms with E-state index in [0.717, 1.165) is 41.0 Å². The molecule has 4 rings (SSSR count). The number of likely N-dealkylation sites (tertiary alicyclic amines) is 1. The molecular formula is C28H31NO3. The van der Waals surface area contributed by atoms with E-state index >= 15 is 0 Å². The summed E-state index contributed by atoms with van der Waals surface area (Å²) in [5.74, 6) is 1.36. The van der Waals surface area contributed by atoms with Gasteiger partial charge in [0.25, 0.3) is 0 Å². The maximum Gasteiger partial charge on any atom is 0.119 e. The predicted molar refractivity (Wildman–Crippen MR) is 130 cm³/mol. The highest BCUT2D eigenvalue weighted by Crippen LogP contribution is 2.36. The molecule has 1 aliphatic rings. The van der Waals surface area contributed by atoms with Crippen LogP contribution in [0.1, 0.15) is 42.9 Å².